The van der Waals surface area contributed by atoms with Crippen LogP contribution in [0.4, 0.5) is 0 Å². The van der Waals surface area contributed by atoms with Gasteiger partial charge in [-0.05, 0) is 62.8 Å². The predicted molar refractivity (Wildman–Crippen MR) is 86.0 cm³/mol. The average molecular weight is 289 g/mol. The third kappa shape index (κ3) is 3.53. The van der Waals surface area contributed by atoms with Gasteiger partial charge in [0.25, 0.3) is 0 Å². The largest absolute Gasteiger partial charge is 0.381 e. The van der Waals surface area contributed by atoms with Crippen LogP contribution in [0.15, 0.2) is 6.07 Å². The molecule has 1 aromatic rings. The highest BCUT2D eigenvalue weighted by Crippen LogP contribution is 2.25. The van der Waals surface area contributed by atoms with E-state index in [4.69, 9.17) is 4.74 Å². The zero-order chi connectivity index (χ0) is 15.6. The molecule has 0 bridgehead atoms. The highest BCUT2D eigenvalue weighted by Gasteiger charge is 2.21. The van der Waals surface area contributed by atoms with Gasteiger partial charge in [0.05, 0.1) is 6.10 Å². The Kier molecular flexibility index (Phi) is 5.17. The molecule has 0 spiro atoms. The number of ketones is 1. The maximum atomic E-state index is 11.9. The SMILES string of the molecule is COC1CCN(Cc2c(C)cc(C)c(C(C)=O)c2C)CC1. The third-order valence-corrected chi connectivity index (χ3v) is 4.73. The predicted octanol–water partition coefficient (Wildman–Crippen LogP) is 3.43. The topological polar surface area (TPSA) is 29.5 Å². The highest BCUT2D eigenvalue weighted by atomic mass is 16.5. The Hall–Kier alpha value is -1.19. The number of piperidine rings is 1. The molecule has 116 valence electrons. The molecule has 0 aromatic heterocycles. The van der Waals surface area contributed by atoms with Crippen LogP contribution in [0.3, 0.4) is 0 Å². The van der Waals surface area contributed by atoms with Crippen LogP contribution in [0.1, 0.15) is 52.4 Å². The molecule has 0 aliphatic carbocycles. The Labute approximate surface area is 128 Å². The van der Waals surface area contributed by atoms with E-state index in [1.54, 1.807) is 14.0 Å². The van der Waals surface area contributed by atoms with Crippen molar-refractivity contribution in [1.82, 2.24) is 4.90 Å². The molecule has 0 saturated carbocycles. The van der Waals surface area contributed by atoms with E-state index in [2.05, 4.69) is 24.8 Å². The number of nitrogens with zero attached hydrogens (tertiary/aromatic N) is 1. The summed E-state index contributed by atoms with van der Waals surface area (Å²) in [6.07, 6.45) is 2.61. The molecule has 0 atom stereocenters. The summed E-state index contributed by atoms with van der Waals surface area (Å²) in [5.41, 5.74) is 5.78. The minimum absolute atomic E-state index is 0.171. The summed E-state index contributed by atoms with van der Waals surface area (Å²) in [5.74, 6) is 0.171. The van der Waals surface area contributed by atoms with Gasteiger partial charge >= 0.3 is 0 Å². The van der Waals surface area contributed by atoms with Gasteiger partial charge in [0.15, 0.2) is 5.78 Å². The Bertz CT molecular complexity index is 529. The fourth-order valence-corrected chi connectivity index (χ4v) is 3.54. The molecule has 1 fully saturated rings. The minimum Gasteiger partial charge on any atom is -0.381 e. The molecule has 0 amide bonds. The molecule has 0 unspecified atom stereocenters. The van der Waals surface area contributed by atoms with Crippen LogP contribution in [0.2, 0.25) is 0 Å². The normalized spacial score (nSPS) is 17.2. The average Bonchev–Trinajstić information content (AvgIpc) is 2.43. The van der Waals surface area contributed by atoms with Crippen LogP contribution in [-0.2, 0) is 11.3 Å². The maximum absolute atomic E-state index is 11.9. The molecule has 1 heterocycles. The molecule has 1 aliphatic rings. The van der Waals surface area contributed by atoms with Crippen molar-refractivity contribution in [1.29, 1.82) is 0 Å². The van der Waals surface area contributed by atoms with E-state index < -0.39 is 0 Å². The first kappa shape index (κ1) is 16.2. The standard InChI is InChI=1S/C18H27NO2/c1-12-10-13(2)18(15(4)20)14(3)17(12)11-19-8-6-16(21-5)7-9-19/h10,16H,6-9,11H2,1-5H3. The first-order valence-electron chi connectivity index (χ1n) is 7.79. The second-order valence-electron chi connectivity index (χ2n) is 6.26. The van der Waals surface area contributed by atoms with Gasteiger partial charge in [-0.25, -0.2) is 0 Å². The van der Waals surface area contributed by atoms with Gasteiger partial charge < -0.3 is 4.74 Å². The second-order valence-corrected chi connectivity index (χ2v) is 6.26. The van der Waals surface area contributed by atoms with Gasteiger partial charge in [0, 0.05) is 32.3 Å². The molecule has 1 aromatic carbocycles. The number of hydrogen-bond acceptors (Lipinski definition) is 3. The van der Waals surface area contributed by atoms with Crippen LogP contribution in [-0.4, -0.2) is 37.0 Å². The van der Waals surface area contributed by atoms with Crippen molar-refractivity contribution in [2.45, 2.75) is 53.2 Å². The third-order valence-electron chi connectivity index (χ3n) is 4.73. The maximum Gasteiger partial charge on any atom is 0.160 e. The van der Waals surface area contributed by atoms with Crippen molar-refractivity contribution >= 4 is 5.78 Å². The number of hydrogen-bond donors (Lipinski definition) is 0. The lowest BCUT2D eigenvalue weighted by Crippen LogP contribution is -2.36. The highest BCUT2D eigenvalue weighted by molar-refractivity contribution is 5.97. The molecular weight excluding hydrogens is 262 g/mol. The first-order valence-corrected chi connectivity index (χ1v) is 7.79. The zero-order valence-electron chi connectivity index (χ0n) is 14.0. The molecule has 1 aliphatic heterocycles. The fraction of sp³-hybridized carbons (Fsp3) is 0.611. The van der Waals surface area contributed by atoms with E-state index in [1.165, 1.54) is 11.1 Å². The second kappa shape index (κ2) is 6.71. The van der Waals surface area contributed by atoms with E-state index in [0.717, 1.165) is 49.2 Å². The molecule has 21 heavy (non-hydrogen) atoms. The molecular formula is C18H27NO2. The van der Waals surface area contributed by atoms with E-state index >= 15 is 0 Å². The van der Waals surface area contributed by atoms with Crippen molar-refractivity contribution in [3.8, 4) is 0 Å². The molecule has 1 saturated heterocycles. The van der Waals surface area contributed by atoms with Crippen molar-refractivity contribution in [2.24, 2.45) is 0 Å². The zero-order valence-corrected chi connectivity index (χ0v) is 14.0. The van der Waals surface area contributed by atoms with Gasteiger partial charge in [0.2, 0.25) is 0 Å². The van der Waals surface area contributed by atoms with E-state index in [1.807, 2.05) is 6.92 Å². The number of carbonyl (C=O) groups excluding carboxylic acids is 1. The van der Waals surface area contributed by atoms with Crippen molar-refractivity contribution < 1.29 is 9.53 Å². The summed E-state index contributed by atoms with van der Waals surface area (Å²) in [6.45, 7) is 11.0. The molecule has 3 nitrogen and oxygen atoms in total. The van der Waals surface area contributed by atoms with E-state index in [9.17, 15) is 4.79 Å². The molecule has 0 radical (unpaired) electrons. The van der Waals surface area contributed by atoms with Crippen molar-refractivity contribution in [3.05, 3.63) is 33.9 Å². The lowest BCUT2D eigenvalue weighted by molar-refractivity contribution is 0.0388. The Balaban J connectivity index is 2.21. The number of aryl methyl sites for hydroxylation is 2. The number of ether oxygens (including phenoxy) is 1. The van der Waals surface area contributed by atoms with Crippen LogP contribution in [0, 0.1) is 20.8 Å². The first-order chi connectivity index (χ1) is 9.93. The number of rotatable bonds is 4. The monoisotopic (exact) mass is 289 g/mol. The number of likely N-dealkylation sites (tertiary alicyclic amines) is 1. The smallest absolute Gasteiger partial charge is 0.160 e. The van der Waals surface area contributed by atoms with Gasteiger partial charge in [-0.1, -0.05) is 6.07 Å². The van der Waals surface area contributed by atoms with Gasteiger partial charge in [-0.3, -0.25) is 9.69 Å². The van der Waals surface area contributed by atoms with Crippen LogP contribution in [0.5, 0.6) is 0 Å². The lowest BCUT2D eigenvalue weighted by Gasteiger charge is -2.32. The molecule has 3 heteroatoms. The van der Waals surface area contributed by atoms with Gasteiger partial charge in [-0.2, -0.15) is 0 Å². The summed E-state index contributed by atoms with van der Waals surface area (Å²) in [7, 11) is 1.80. The number of Topliss-reactive ketones (excluding diaryl/α,β-unsaturated/α-hetero) is 1. The number of carbonyl (C=O) groups is 1. The van der Waals surface area contributed by atoms with Crippen LogP contribution < -0.4 is 0 Å². The summed E-state index contributed by atoms with van der Waals surface area (Å²) in [6, 6.07) is 2.15. The Morgan fingerprint density at radius 1 is 1.24 bits per heavy atom. The molecule has 0 N–H and O–H groups in total. The van der Waals surface area contributed by atoms with Gasteiger partial charge in [-0.15, -0.1) is 0 Å². The van der Waals surface area contributed by atoms with Crippen LogP contribution in [0.25, 0.3) is 0 Å². The Morgan fingerprint density at radius 3 is 2.38 bits per heavy atom. The van der Waals surface area contributed by atoms with E-state index in [-0.39, 0.29) is 5.78 Å². The quantitative estimate of drug-likeness (QED) is 0.795. The summed E-state index contributed by atoms with van der Waals surface area (Å²) in [4.78, 5) is 14.4. The van der Waals surface area contributed by atoms with Crippen molar-refractivity contribution in [3.63, 3.8) is 0 Å². The summed E-state index contributed by atoms with van der Waals surface area (Å²) < 4.78 is 5.43. The van der Waals surface area contributed by atoms with Gasteiger partial charge in [0.1, 0.15) is 0 Å². The lowest BCUT2D eigenvalue weighted by atomic mass is 9.91. The van der Waals surface area contributed by atoms with Crippen molar-refractivity contribution in [2.75, 3.05) is 20.2 Å². The van der Waals surface area contributed by atoms with Crippen LogP contribution >= 0.6 is 0 Å². The summed E-state index contributed by atoms with van der Waals surface area (Å²) in [5, 5.41) is 0. The Morgan fingerprint density at radius 2 is 1.86 bits per heavy atom. The van der Waals surface area contributed by atoms with E-state index in [0.29, 0.717) is 6.10 Å². The molecule has 2 rings (SSSR count). The number of methoxy groups -OCH3 is 1. The minimum atomic E-state index is 0.171. The summed E-state index contributed by atoms with van der Waals surface area (Å²) >= 11 is 0. The fourth-order valence-electron chi connectivity index (χ4n) is 3.54. The number of benzene rings is 1.